The van der Waals surface area contributed by atoms with Gasteiger partial charge in [0.25, 0.3) is 5.91 Å². The number of esters is 1. The van der Waals surface area contributed by atoms with Crippen molar-refractivity contribution in [2.75, 3.05) is 19.0 Å². The molecule has 32 heavy (non-hydrogen) atoms. The number of aromatic nitrogens is 2. The van der Waals surface area contributed by atoms with E-state index in [9.17, 15) is 14.4 Å². The van der Waals surface area contributed by atoms with Crippen LogP contribution in [0, 0.1) is 6.92 Å². The topological polar surface area (TPSA) is 112 Å². The summed E-state index contributed by atoms with van der Waals surface area (Å²) in [7, 11) is 1.53. The molecule has 1 aromatic heterocycles. The highest BCUT2D eigenvalue weighted by molar-refractivity contribution is 6.32. The molecule has 0 atom stereocenters. The normalized spacial score (nSPS) is 10.3. The second-order valence-electron chi connectivity index (χ2n) is 6.70. The number of benzene rings is 2. The van der Waals surface area contributed by atoms with Crippen molar-refractivity contribution in [1.29, 1.82) is 0 Å². The van der Waals surface area contributed by atoms with E-state index in [2.05, 4.69) is 15.7 Å². The summed E-state index contributed by atoms with van der Waals surface area (Å²) in [6, 6.07) is 15.3. The minimum atomic E-state index is -0.808. The first-order valence-electron chi connectivity index (χ1n) is 9.56. The van der Waals surface area contributed by atoms with Crippen LogP contribution in [0.2, 0.25) is 5.15 Å². The Kier molecular flexibility index (Phi) is 7.45. The lowest BCUT2D eigenvalue weighted by Crippen LogP contribution is -2.37. The van der Waals surface area contributed by atoms with Crippen molar-refractivity contribution in [3.63, 3.8) is 0 Å². The van der Waals surface area contributed by atoms with Crippen LogP contribution >= 0.6 is 11.6 Å². The van der Waals surface area contributed by atoms with E-state index in [1.807, 2.05) is 30.3 Å². The van der Waals surface area contributed by atoms with Gasteiger partial charge >= 0.3 is 12.0 Å². The van der Waals surface area contributed by atoms with Gasteiger partial charge in [0.1, 0.15) is 16.5 Å². The summed E-state index contributed by atoms with van der Waals surface area (Å²) < 4.78 is 11.5. The quantitative estimate of drug-likeness (QED) is 0.527. The van der Waals surface area contributed by atoms with Crippen molar-refractivity contribution in [1.82, 2.24) is 15.1 Å². The van der Waals surface area contributed by atoms with Crippen molar-refractivity contribution in [3.8, 4) is 5.75 Å². The highest BCUT2D eigenvalue weighted by Gasteiger charge is 2.23. The van der Waals surface area contributed by atoms with E-state index in [1.165, 1.54) is 11.8 Å². The number of aryl methyl sites for hydroxylation is 1. The van der Waals surface area contributed by atoms with Gasteiger partial charge in [0.05, 0.1) is 19.3 Å². The molecule has 3 rings (SSSR count). The number of halogens is 1. The fourth-order valence-corrected chi connectivity index (χ4v) is 3.16. The standard InChI is InChI=1S/C22H21ClN4O5/c1-14-19(20(23)27(26-14)12-15-6-4-3-5-7-15)21(29)32-13-18(28)25-22(30)24-16-8-10-17(31-2)11-9-16/h3-11H,12-13H2,1-2H3,(H2,24,25,28,30). The number of rotatable bonds is 7. The molecule has 3 aromatic rings. The van der Waals surface area contributed by atoms with Gasteiger partial charge in [-0.05, 0) is 36.8 Å². The van der Waals surface area contributed by atoms with Gasteiger partial charge < -0.3 is 14.8 Å². The molecular weight excluding hydrogens is 436 g/mol. The van der Waals surface area contributed by atoms with Gasteiger partial charge in [0, 0.05) is 5.69 Å². The highest BCUT2D eigenvalue weighted by Crippen LogP contribution is 2.22. The number of nitrogens with zero attached hydrogens (tertiary/aromatic N) is 2. The Morgan fingerprint density at radius 1 is 1.06 bits per heavy atom. The molecular formula is C22H21ClN4O5. The fourth-order valence-electron chi connectivity index (χ4n) is 2.85. The number of nitrogens with one attached hydrogen (secondary N) is 2. The van der Waals surface area contributed by atoms with Crippen LogP contribution in [-0.4, -0.2) is 41.4 Å². The van der Waals surface area contributed by atoms with Crippen LogP contribution in [0.25, 0.3) is 0 Å². The van der Waals surface area contributed by atoms with Crippen LogP contribution in [0.4, 0.5) is 10.5 Å². The fraction of sp³-hybridized carbons (Fsp3) is 0.182. The van der Waals surface area contributed by atoms with Gasteiger partial charge in [0.15, 0.2) is 6.61 Å². The second kappa shape index (κ2) is 10.5. The molecule has 0 fully saturated rings. The smallest absolute Gasteiger partial charge is 0.343 e. The van der Waals surface area contributed by atoms with E-state index in [0.29, 0.717) is 23.7 Å². The summed E-state index contributed by atoms with van der Waals surface area (Å²) >= 11 is 6.31. The first-order chi connectivity index (χ1) is 15.4. The Morgan fingerprint density at radius 3 is 2.41 bits per heavy atom. The van der Waals surface area contributed by atoms with E-state index < -0.39 is 24.5 Å². The van der Waals surface area contributed by atoms with Crippen LogP contribution in [0.1, 0.15) is 21.6 Å². The molecule has 0 radical (unpaired) electrons. The van der Waals surface area contributed by atoms with Gasteiger partial charge in [-0.25, -0.2) is 14.3 Å². The Labute approximate surface area is 189 Å². The SMILES string of the molecule is COc1ccc(NC(=O)NC(=O)COC(=O)c2c(C)nn(Cc3ccccc3)c2Cl)cc1. The average Bonchev–Trinajstić information content (AvgIpc) is 3.06. The largest absolute Gasteiger partial charge is 0.497 e. The Morgan fingerprint density at radius 2 is 1.75 bits per heavy atom. The molecule has 0 aliphatic carbocycles. The molecule has 10 heteroatoms. The Bertz CT molecular complexity index is 1110. The van der Waals surface area contributed by atoms with Crippen LogP contribution < -0.4 is 15.4 Å². The number of imide groups is 1. The van der Waals surface area contributed by atoms with Crippen molar-refractivity contribution >= 4 is 35.2 Å². The zero-order valence-corrected chi connectivity index (χ0v) is 18.2. The van der Waals surface area contributed by atoms with Crippen LogP contribution in [-0.2, 0) is 16.1 Å². The molecule has 166 valence electrons. The summed E-state index contributed by atoms with van der Waals surface area (Å²) in [5.74, 6) is -0.979. The monoisotopic (exact) mass is 456 g/mol. The van der Waals surface area contributed by atoms with E-state index in [0.717, 1.165) is 5.56 Å². The number of ether oxygens (including phenoxy) is 2. The van der Waals surface area contributed by atoms with Crippen molar-refractivity contribution in [2.45, 2.75) is 13.5 Å². The number of urea groups is 1. The molecule has 0 spiro atoms. The Hall–Kier alpha value is -3.85. The molecule has 0 saturated heterocycles. The summed E-state index contributed by atoms with van der Waals surface area (Å²) in [5, 5.41) is 8.94. The summed E-state index contributed by atoms with van der Waals surface area (Å²) in [6.45, 7) is 1.33. The van der Waals surface area contributed by atoms with Gasteiger partial charge in [-0.2, -0.15) is 5.10 Å². The molecule has 9 nitrogen and oxygen atoms in total. The zero-order valence-electron chi connectivity index (χ0n) is 17.4. The van der Waals surface area contributed by atoms with Gasteiger partial charge in [-0.15, -0.1) is 0 Å². The molecule has 2 aromatic carbocycles. The van der Waals surface area contributed by atoms with Gasteiger partial charge in [-0.3, -0.25) is 10.1 Å². The zero-order chi connectivity index (χ0) is 23.1. The summed E-state index contributed by atoms with van der Waals surface area (Å²) in [4.78, 5) is 36.3. The molecule has 3 amide bonds. The predicted molar refractivity (Wildman–Crippen MR) is 118 cm³/mol. The molecule has 0 bridgehead atoms. The number of methoxy groups -OCH3 is 1. The molecule has 2 N–H and O–H groups in total. The third kappa shape index (κ3) is 5.86. The lowest BCUT2D eigenvalue weighted by atomic mass is 10.2. The second-order valence-corrected chi connectivity index (χ2v) is 7.06. The maximum atomic E-state index is 12.4. The summed E-state index contributed by atoms with van der Waals surface area (Å²) in [6.07, 6.45) is 0. The van der Waals surface area contributed by atoms with E-state index in [-0.39, 0.29) is 10.7 Å². The minimum Gasteiger partial charge on any atom is -0.497 e. The number of hydrogen-bond donors (Lipinski definition) is 2. The molecule has 0 unspecified atom stereocenters. The molecule has 0 saturated carbocycles. The van der Waals surface area contributed by atoms with Gasteiger partial charge in [0.2, 0.25) is 0 Å². The van der Waals surface area contributed by atoms with Crippen molar-refractivity contribution in [3.05, 3.63) is 76.6 Å². The number of carbonyl (C=O) groups excluding carboxylic acids is 3. The number of carbonyl (C=O) groups is 3. The molecule has 0 aliphatic rings. The average molecular weight is 457 g/mol. The maximum Gasteiger partial charge on any atom is 0.343 e. The number of anilines is 1. The van der Waals surface area contributed by atoms with Crippen LogP contribution in [0.15, 0.2) is 54.6 Å². The lowest BCUT2D eigenvalue weighted by Gasteiger charge is -2.08. The van der Waals surface area contributed by atoms with E-state index in [4.69, 9.17) is 21.1 Å². The number of amides is 3. The summed E-state index contributed by atoms with van der Waals surface area (Å²) in [5.41, 5.74) is 1.85. The minimum absolute atomic E-state index is 0.0677. The van der Waals surface area contributed by atoms with E-state index in [1.54, 1.807) is 31.2 Å². The number of hydrogen-bond acceptors (Lipinski definition) is 6. The van der Waals surface area contributed by atoms with Crippen molar-refractivity contribution < 1.29 is 23.9 Å². The third-order valence-electron chi connectivity index (χ3n) is 4.38. The first kappa shape index (κ1) is 22.8. The first-order valence-corrected chi connectivity index (χ1v) is 9.94. The van der Waals surface area contributed by atoms with Crippen molar-refractivity contribution in [2.24, 2.45) is 0 Å². The van der Waals surface area contributed by atoms with Crippen LogP contribution in [0.3, 0.4) is 0 Å². The van der Waals surface area contributed by atoms with E-state index >= 15 is 0 Å². The molecule has 1 heterocycles. The maximum absolute atomic E-state index is 12.4. The van der Waals surface area contributed by atoms with Crippen LogP contribution in [0.5, 0.6) is 5.75 Å². The van der Waals surface area contributed by atoms with Gasteiger partial charge in [-0.1, -0.05) is 41.9 Å². The lowest BCUT2D eigenvalue weighted by molar-refractivity contribution is -0.123. The third-order valence-corrected chi connectivity index (χ3v) is 4.76. The highest BCUT2D eigenvalue weighted by atomic mass is 35.5. The molecule has 0 aliphatic heterocycles. The Balaban J connectivity index is 1.53. The predicted octanol–water partition coefficient (Wildman–Crippen LogP) is 3.41.